The molecule has 1 saturated heterocycles. The number of anilines is 2. The predicted molar refractivity (Wildman–Crippen MR) is 131 cm³/mol. The highest BCUT2D eigenvalue weighted by molar-refractivity contribution is 14.0. The van der Waals surface area contributed by atoms with Gasteiger partial charge in [0, 0.05) is 51.4 Å². The van der Waals surface area contributed by atoms with Crippen LogP contribution < -0.4 is 15.5 Å². The van der Waals surface area contributed by atoms with Crippen LogP contribution in [0.5, 0.6) is 0 Å². The van der Waals surface area contributed by atoms with E-state index in [0.717, 1.165) is 35.9 Å². The molecule has 9 heteroatoms. The van der Waals surface area contributed by atoms with E-state index < -0.39 is 11.6 Å². The molecule has 0 spiro atoms. The summed E-state index contributed by atoms with van der Waals surface area (Å²) < 4.78 is 27.6. The second-order valence-electron chi connectivity index (χ2n) is 7.12. The van der Waals surface area contributed by atoms with Crippen molar-refractivity contribution in [3.8, 4) is 0 Å². The van der Waals surface area contributed by atoms with Gasteiger partial charge in [0.05, 0.1) is 12.2 Å². The van der Waals surface area contributed by atoms with E-state index in [9.17, 15) is 13.6 Å². The topological polar surface area (TPSA) is 60.0 Å². The average Bonchev–Trinajstić information content (AvgIpc) is 2.73. The molecule has 3 rings (SSSR count). The lowest BCUT2D eigenvalue weighted by molar-refractivity contribution is -0.114. The van der Waals surface area contributed by atoms with E-state index in [1.807, 2.05) is 36.1 Å². The van der Waals surface area contributed by atoms with Gasteiger partial charge in [-0.3, -0.25) is 4.79 Å². The average molecular weight is 543 g/mol. The van der Waals surface area contributed by atoms with Crippen molar-refractivity contribution in [3.63, 3.8) is 0 Å². The maximum atomic E-state index is 14.1. The molecule has 0 radical (unpaired) electrons. The Morgan fingerprint density at radius 1 is 1.10 bits per heavy atom. The number of carbonyl (C=O) groups excluding carboxylic acids is 1. The molecule has 2 aromatic rings. The number of guanidine groups is 1. The molecule has 0 aliphatic carbocycles. The van der Waals surface area contributed by atoms with E-state index in [2.05, 4.69) is 15.5 Å². The maximum absolute atomic E-state index is 14.1. The van der Waals surface area contributed by atoms with Crippen molar-refractivity contribution in [2.75, 3.05) is 42.9 Å². The zero-order chi connectivity index (χ0) is 21.5. The third-order valence-corrected chi connectivity index (χ3v) is 4.82. The number of piperazine rings is 1. The number of nitrogens with zero attached hydrogens (tertiary/aromatic N) is 3. The van der Waals surface area contributed by atoms with Crippen molar-refractivity contribution in [2.45, 2.75) is 20.4 Å². The Bertz CT molecular complexity index is 917. The number of halogens is 3. The Morgan fingerprint density at radius 3 is 2.52 bits per heavy atom. The minimum absolute atomic E-state index is 0. The van der Waals surface area contributed by atoms with E-state index in [-0.39, 0.29) is 29.9 Å². The van der Waals surface area contributed by atoms with Crippen LogP contribution in [0.15, 0.2) is 47.5 Å². The van der Waals surface area contributed by atoms with Crippen LogP contribution >= 0.6 is 24.0 Å². The summed E-state index contributed by atoms with van der Waals surface area (Å²) in [5.41, 5.74) is 2.02. The summed E-state index contributed by atoms with van der Waals surface area (Å²) in [6.45, 7) is 7.11. The molecule has 1 aliphatic rings. The number of carbonyl (C=O) groups is 1. The Kier molecular flexibility index (Phi) is 9.47. The molecular weight excluding hydrogens is 515 g/mol. The lowest BCUT2D eigenvalue weighted by Gasteiger charge is -2.37. The highest BCUT2D eigenvalue weighted by Gasteiger charge is 2.22. The summed E-state index contributed by atoms with van der Waals surface area (Å²) in [6.07, 6.45) is 0. The largest absolute Gasteiger partial charge is 0.366 e. The van der Waals surface area contributed by atoms with Crippen LogP contribution in [0.3, 0.4) is 0 Å². The Labute approximate surface area is 198 Å². The summed E-state index contributed by atoms with van der Waals surface area (Å²) >= 11 is 0. The lowest BCUT2D eigenvalue weighted by Crippen LogP contribution is -2.52. The van der Waals surface area contributed by atoms with Crippen LogP contribution in [0.1, 0.15) is 19.4 Å². The summed E-state index contributed by atoms with van der Waals surface area (Å²) in [4.78, 5) is 19.9. The number of hydrogen-bond donors (Lipinski definition) is 2. The number of aliphatic imine (C=N–C) groups is 1. The second kappa shape index (κ2) is 11.8. The van der Waals surface area contributed by atoms with E-state index in [4.69, 9.17) is 4.99 Å². The normalized spacial score (nSPS) is 14.1. The van der Waals surface area contributed by atoms with Gasteiger partial charge in [-0.25, -0.2) is 13.8 Å². The van der Waals surface area contributed by atoms with Gasteiger partial charge in [0.1, 0.15) is 11.6 Å². The first-order valence-corrected chi connectivity index (χ1v) is 10.1. The van der Waals surface area contributed by atoms with Gasteiger partial charge < -0.3 is 20.4 Å². The number of amides is 1. The number of nitrogens with one attached hydrogen (secondary N) is 2. The minimum Gasteiger partial charge on any atom is -0.366 e. The quantitative estimate of drug-likeness (QED) is 0.342. The summed E-state index contributed by atoms with van der Waals surface area (Å²) in [5.74, 6) is -0.187. The fraction of sp³-hybridized carbons (Fsp3) is 0.364. The molecule has 1 aliphatic heterocycles. The number of benzene rings is 2. The molecule has 0 atom stereocenters. The van der Waals surface area contributed by atoms with Crippen LogP contribution in [0, 0.1) is 11.6 Å². The fourth-order valence-electron chi connectivity index (χ4n) is 3.43. The molecule has 0 saturated carbocycles. The number of hydrogen-bond acceptors (Lipinski definition) is 3. The smallest absolute Gasteiger partial charge is 0.221 e. The first-order valence-electron chi connectivity index (χ1n) is 10.1. The molecule has 2 N–H and O–H groups in total. The van der Waals surface area contributed by atoms with Crippen molar-refractivity contribution in [3.05, 3.63) is 59.7 Å². The first-order chi connectivity index (χ1) is 14.5. The Morgan fingerprint density at radius 2 is 1.84 bits per heavy atom. The molecule has 0 unspecified atom stereocenters. The van der Waals surface area contributed by atoms with E-state index in [1.165, 1.54) is 13.0 Å². The zero-order valence-corrected chi connectivity index (χ0v) is 20.0. The van der Waals surface area contributed by atoms with E-state index in [0.29, 0.717) is 38.4 Å². The maximum Gasteiger partial charge on any atom is 0.221 e. The Balaban J connectivity index is 0.00000341. The molecule has 6 nitrogen and oxygen atoms in total. The molecule has 1 heterocycles. The zero-order valence-electron chi connectivity index (χ0n) is 17.7. The molecule has 1 fully saturated rings. The predicted octanol–water partition coefficient (Wildman–Crippen LogP) is 3.83. The van der Waals surface area contributed by atoms with E-state index >= 15 is 0 Å². The van der Waals surface area contributed by atoms with Crippen molar-refractivity contribution in [2.24, 2.45) is 4.99 Å². The molecule has 31 heavy (non-hydrogen) atoms. The highest BCUT2D eigenvalue weighted by Crippen LogP contribution is 2.22. The van der Waals surface area contributed by atoms with Gasteiger partial charge in [0.25, 0.3) is 0 Å². The van der Waals surface area contributed by atoms with Crippen molar-refractivity contribution >= 4 is 47.2 Å². The van der Waals surface area contributed by atoms with Gasteiger partial charge in [-0.2, -0.15) is 0 Å². The highest BCUT2D eigenvalue weighted by atomic mass is 127. The van der Waals surface area contributed by atoms with Crippen molar-refractivity contribution < 1.29 is 13.6 Å². The van der Waals surface area contributed by atoms with Gasteiger partial charge in [-0.1, -0.05) is 12.1 Å². The fourth-order valence-corrected chi connectivity index (χ4v) is 3.43. The molecule has 168 valence electrons. The van der Waals surface area contributed by atoms with Gasteiger partial charge in [0.2, 0.25) is 5.91 Å². The van der Waals surface area contributed by atoms with Gasteiger partial charge in [0.15, 0.2) is 5.96 Å². The van der Waals surface area contributed by atoms with Crippen molar-refractivity contribution in [1.82, 2.24) is 10.2 Å². The number of rotatable bonds is 5. The third-order valence-electron chi connectivity index (χ3n) is 4.82. The molecule has 0 aromatic heterocycles. The van der Waals surface area contributed by atoms with Crippen LogP contribution in [0.2, 0.25) is 0 Å². The van der Waals surface area contributed by atoms with Gasteiger partial charge in [-0.05, 0) is 36.8 Å². The Hall–Kier alpha value is -2.43. The van der Waals surface area contributed by atoms with Crippen LogP contribution in [-0.2, 0) is 11.3 Å². The van der Waals surface area contributed by atoms with Crippen LogP contribution in [-0.4, -0.2) is 49.5 Å². The summed E-state index contributed by atoms with van der Waals surface area (Å²) in [5, 5.41) is 6.07. The molecular formula is C22H28F2IN5O. The monoisotopic (exact) mass is 543 g/mol. The lowest BCUT2D eigenvalue weighted by atomic mass is 10.2. The molecule has 2 aromatic carbocycles. The SMILES string of the molecule is CCNC(=NCc1cccc(NC(C)=O)c1)N1CCN(c2cc(F)ccc2F)CC1.I. The standard InChI is InChI=1S/C22H27F2N5O.HI/c1-3-25-22(26-15-17-5-4-6-19(13-17)27-16(2)30)29-11-9-28(10-12-29)21-14-18(23)7-8-20(21)24;/h4-8,13-14H,3,9-12,15H2,1-2H3,(H,25,26)(H,27,30);1H. The van der Waals surface area contributed by atoms with Gasteiger partial charge in [-0.15, -0.1) is 24.0 Å². The third kappa shape index (κ3) is 7.05. The first kappa shape index (κ1) is 24.8. The van der Waals surface area contributed by atoms with Crippen LogP contribution in [0.4, 0.5) is 20.2 Å². The summed E-state index contributed by atoms with van der Waals surface area (Å²) in [7, 11) is 0. The van der Waals surface area contributed by atoms with E-state index in [1.54, 1.807) is 0 Å². The molecule has 1 amide bonds. The second-order valence-corrected chi connectivity index (χ2v) is 7.12. The minimum atomic E-state index is -0.440. The van der Waals surface area contributed by atoms with Crippen LogP contribution in [0.25, 0.3) is 0 Å². The van der Waals surface area contributed by atoms with Gasteiger partial charge >= 0.3 is 0 Å². The van der Waals surface area contributed by atoms with Crippen molar-refractivity contribution in [1.29, 1.82) is 0 Å². The summed E-state index contributed by atoms with van der Waals surface area (Å²) in [6, 6.07) is 11.1. The molecule has 0 bridgehead atoms.